The number of para-hydroxylation sites is 2. The van der Waals surface area contributed by atoms with Gasteiger partial charge in [-0.3, -0.25) is 14.5 Å². The van der Waals surface area contributed by atoms with Crippen molar-refractivity contribution in [3.8, 4) is 5.69 Å². The van der Waals surface area contributed by atoms with Gasteiger partial charge in [0.1, 0.15) is 12.6 Å². The predicted octanol–water partition coefficient (Wildman–Crippen LogP) is 7.20. The molecular weight excluding hydrogens is 482 g/mol. The van der Waals surface area contributed by atoms with Crippen molar-refractivity contribution in [3.05, 3.63) is 120 Å². The van der Waals surface area contributed by atoms with Crippen LogP contribution in [0.5, 0.6) is 0 Å². The summed E-state index contributed by atoms with van der Waals surface area (Å²) in [5.41, 5.74) is 5.75. The molecule has 1 aliphatic rings. The van der Waals surface area contributed by atoms with Crippen LogP contribution in [0, 0.1) is 0 Å². The molecule has 4 aromatic rings. The fourth-order valence-electron chi connectivity index (χ4n) is 5.43. The molecule has 0 saturated heterocycles. The number of nitrogens with zero attached hydrogens (tertiary/aromatic N) is 3. The van der Waals surface area contributed by atoms with Crippen LogP contribution in [0.25, 0.3) is 5.69 Å². The molecule has 39 heavy (non-hydrogen) atoms. The Morgan fingerprint density at radius 2 is 1.46 bits per heavy atom. The van der Waals surface area contributed by atoms with Crippen LogP contribution in [-0.2, 0) is 11.2 Å². The Bertz CT molecular complexity index is 1410. The maximum absolute atomic E-state index is 14.3. The SMILES string of the molecule is CCCCc1ccc(C(=O)N(CCCC)CC(=O)N2c3ccccc3-n3cccc3C2c2ccccc2)cc1. The minimum Gasteiger partial charge on any atom is -0.329 e. The lowest BCUT2D eigenvalue weighted by Crippen LogP contribution is -2.47. The highest BCUT2D eigenvalue weighted by Gasteiger charge is 2.36. The number of fused-ring (bicyclic) bond motifs is 3. The first-order valence-electron chi connectivity index (χ1n) is 14.1. The number of anilines is 1. The van der Waals surface area contributed by atoms with Crippen molar-refractivity contribution in [3.63, 3.8) is 0 Å². The van der Waals surface area contributed by atoms with Crippen LogP contribution in [0.3, 0.4) is 0 Å². The van der Waals surface area contributed by atoms with Crippen LogP contribution < -0.4 is 4.90 Å². The monoisotopic (exact) mass is 519 g/mol. The molecule has 1 aliphatic heterocycles. The van der Waals surface area contributed by atoms with E-state index in [4.69, 9.17) is 0 Å². The van der Waals surface area contributed by atoms with E-state index in [-0.39, 0.29) is 24.4 Å². The van der Waals surface area contributed by atoms with Gasteiger partial charge in [-0.25, -0.2) is 0 Å². The molecule has 5 rings (SSSR count). The number of aryl methyl sites for hydroxylation is 1. The highest BCUT2D eigenvalue weighted by Crippen LogP contribution is 2.42. The largest absolute Gasteiger partial charge is 0.329 e. The summed E-state index contributed by atoms with van der Waals surface area (Å²) in [5, 5.41) is 0. The molecule has 0 fully saturated rings. The lowest BCUT2D eigenvalue weighted by atomic mass is 9.97. The molecule has 0 N–H and O–H groups in total. The highest BCUT2D eigenvalue weighted by molar-refractivity contribution is 6.02. The van der Waals surface area contributed by atoms with E-state index >= 15 is 0 Å². The van der Waals surface area contributed by atoms with Crippen LogP contribution in [0.1, 0.15) is 72.8 Å². The summed E-state index contributed by atoms with van der Waals surface area (Å²) in [4.78, 5) is 31.6. The van der Waals surface area contributed by atoms with E-state index in [0.29, 0.717) is 12.1 Å². The van der Waals surface area contributed by atoms with Gasteiger partial charge in [0.05, 0.1) is 17.1 Å². The first-order valence-corrected chi connectivity index (χ1v) is 14.1. The Hall–Kier alpha value is -4.12. The molecule has 2 amide bonds. The second kappa shape index (κ2) is 12.2. The van der Waals surface area contributed by atoms with Gasteiger partial charge in [0.2, 0.25) is 5.91 Å². The fraction of sp³-hybridized carbons (Fsp3) is 0.294. The number of aromatic nitrogens is 1. The van der Waals surface area contributed by atoms with Crippen molar-refractivity contribution in [2.75, 3.05) is 18.0 Å². The summed E-state index contributed by atoms with van der Waals surface area (Å²) < 4.78 is 2.16. The van der Waals surface area contributed by atoms with Gasteiger partial charge in [-0.2, -0.15) is 0 Å². The molecule has 5 nitrogen and oxygen atoms in total. The average Bonchev–Trinajstić information content (AvgIpc) is 3.48. The summed E-state index contributed by atoms with van der Waals surface area (Å²) in [5.74, 6) is -0.184. The zero-order valence-corrected chi connectivity index (χ0v) is 22.9. The smallest absolute Gasteiger partial charge is 0.254 e. The predicted molar refractivity (Wildman–Crippen MR) is 157 cm³/mol. The molecule has 1 atom stereocenters. The average molecular weight is 520 g/mol. The lowest BCUT2D eigenvalue weighted by molar-refractivity contribution is -0.119. The second-order valence-corrected chi connectivity index (χ2v) is 10.2. The van der Waals surface area contributed by atoms with E-state index in [1.54, 1.807) is 4.90 Å². The number of hydrogen-bond donors (Lipinski definition) is 0. The van der Waals surface area contributed by atoms with Crippen molar-refractivity contribution in [1.29, 1.82) is 0 Å². The van der Waals surface area contributed by atoms with Crippen LogP contribution in [0.4, 0.5) is 5.69 Å². The molecule has 0 spiro atoms. The van der Waals surface area contributed by atoms with E-state index in [0.717, 1.165) is 54.7 Å². The Morgan fingerprint density at radius 1 is 0.769 bits per heavy atom. The molecule has 0 aliphatic carbocycles. The van der Waals surface area contributed by atoms with Crippen LogP contribution in [-0.4, -0.2) is 34.4 Å². The van der Waals surface area contributed by atoms with E-state index in [9.17, 15) is 9.59 Å². The van der Waals surface area contributed by atoms with Gasteiger partial charge in [0.15, 0.2) is 0 Å². The van der Waals surface area contributed by atoms with Crippen molar-refractivity contribution in [2.24, 2.45) is 0 Å². The molecule has 0 bridgehead atoms. The van der Waals surface area contributed by atoms with Gasteiger partial charge in [0.25, 0.3) is 5.91 Å². The quantitative estimate of drug-likeness (QED) is 0.222. The van der Waals surface area contributed by atoms with Crippen molar-refractivity contribution in [1.82, 2.24) is 9.47 Å². The topological polar surface area (TPSA) is 45.6 Å². The maximum atomic E-state index is 14.3. The Kier molecular flexibility index (Phi) is 8.26. The Balaban J connectivity index is 1.48. The number of amides is 2. The molecule has 1 unspecified atom stereocenters. The summed E-state index contributed by atoms with van der Waals surface area (Å²) >= 11 is 0. The molecule has 0 saturated carbocycles. The van der Waals surface area contributed by atoms with Gasteiger partial charge in [0, 0.05) is 18.3 Å². The number of rotatable bonds is 10. The van der Waals surface area contributed by atoms with Gasteiger partial charge in [-0.1, -0.05) is 81.3 Å². The normalized spacial score (nSPS) is 14.0. The lowest BCUT2D eigenvalue weighted by Gasteiger charge is -2.39. The zero-order valence-electron chi connectivity index (χ0n) is 22.9. The van der Waals surface area contributed by atoms with Crippen molar-refractivity contribution < 1.29 is 9.59 Å². The highest BCUT2D eigenvalue weighted by atomic mass is 16.2. The molecular formula is C34H37N3O2. The van der Waals surface area contributed by atoms with Crippen LogP contribution >= 0.6 is 0 Å². The third-order valence-corrected chi connectivity index (χ3v) is 7.52. The van der Waals surface area contributed by atoms with Crippen LogP contribution in [0.2, 0.25) is 0 Å². The van der Waals surface area contributed by atoms with Crippen LogP contribution in [0.15, 0.2) is 97.2 Å². The van der Waals surface area contributed by atoms with E-state index in [1.165, 1.54) is 5.56 Å². The summed E-state index contributed by atoms with van der Waals surface area (Å²) in [6, 6.07) is 29.9. The minimum absolute atomic E-state index is 0.0226. The number of hydrogen-bond acceptors (Lipinski definition) is 2. The van der Waals surface area contributed by atoms with Gasteiger partial charge in [-0.05, 0) is 66.8 Å². The fourth-order valence-corrected chi connectivity index (χ4v) is 5.43. The number of unbranched alkanes of at least 4 members (excludes halogenated alkanes) is 2. The van der Waals surface area contributed by atoms with E-state index in [2.05, 4.69) is 36.6 Å². The zero-order chi connectivity index (χ0) is 27.2. The first-order chi connectivity index (χ1) is 19.1. The standard InChI is InChI=1S/C34H37N3O2/c1-3-5-13-26-19-21-28(22-20-26)34(39)35(23-6-4-2)25-32(38)37-30-17-11-10-16-29(30)36-24-12-18-31(36)33(37)27-14-8-7-9-15-27/h7-12,14-22,24,33H,3-6,13,23,25H2,1-2H3. The molecule has 3 aromatic carbocycles. The number of benzene rings is 3. The Labute approximate surface area is 231 Å². The van der Waals surface area contributed by atoms with E-state index < -0.39 is 0 Å². The molecule has 2 heterocycles. The maximum Gasteiger partial charge on any atom is 0.254 e. The summed E-state index contributed by atoms with van der Waals surface area (Å²) in [6.07, 6.45) is 7.12. The minimum atomic E-state index is -0.287. The first kappa shape index (κ1) is 26.5. The van der Waals surface area contributed by atoms with Gasteiger partial charge in [-0.15, -0.1) is 0 Å². The van der Waals surface area contributed by atoms with Crippen molar-refractivity contribution >= 4 is 17.5 Å². The van der Waals surface area contributed by atoms with Gasteiger partial charge < -0.3 is 9.47 Å². The van der Waals surface area contributed by atoms with E-state index in [1.807, 2.05) is 83.9 Å². The Morgan fingerprint density at radius 3 is 2.18 bits per heavy atom. The summed E-state index contributed by atoms with van der Waals surface area (Å²) in [7, 11) is 0. The molecule has 0 radical (unpaired) electrons. The number of carbonyl (C=O) groups is 2. The summed E-state index contributed by atoms with van der Waals surface area (Å²) in [6.45, 7) is 4.85. The second-order valence-electron chi connectivity index (χ2n) is 10.2. The molecule has 200 valence electrons. The molecule has 1 aromatic heterocycles. The van der Waals surface area contributed by atoms with Crippen molar-refractivity contribution in [2.45, 2.75) is 52.0 Å². The van der Waals surface area contributed by atoms with Gasteiger partial charge >= 0.3 is 0 Å². The third-order valence-electron chi connectivity index (χ3n) is 7.52. The number of carbonyl (C=O) groups excluding carboxylic acids is 2. The molecule has 5 heteroatoms. The third kappa shape index (κ3) is 5.53.